The highest BCUT2D eigenvalue weighted by atomic mass is 19.1. The second-order valence-electron chi connectivity index (χ2n) is 6.90. The lowest BCUT2D eigenvalue weighted by molar-refractivity contribution is -0.146. The molecular formula is C23H16F3NO5. The summed E-state index contributed by atoms with van der Waals surface area (Å²) in [5.41, 5.74) is -0.752. The van der Waals surface area contributed by atoms with Crippen molar-refractivity contribution in [1.82, 2.24) is 4.57 Å². The van der Waals surface area contributed by atoms with Crippen LogP contribution in [0.25, 0.3) is 5.76 Å². The SMILES string of the molecule is O=C(O)C(=O)/C=C(\O)c1cc(Cc2ccccc2F)cn(Cc2ccc(F)cc2F)c1=O. The number of aliphatic hydroxyl groups excluding tert-OH is 1. The number of carbonyl (C=O) groups excluding carboxylic acids is 1. The van der Waals surface area contributed by atoms with E-state index in [1.165, 1.54) is 30.5 Å². The van der Waals surface area contributed by atoms with Crippen LogP contribution in [0.2, 0.25) is 0 Å². The van der Waals surface area contributed by atoms with Crippen LogP contribution in [0.4, 0.5) is 13.2 Å². The van der Waals surface area contributed by atoms with Crippen molar-refractivity contribution in [2.24, 2.45) is 0 Å². The molecule has 0 saturated carbocycles. The first kappa shape index (κ1) is 22.5. The Morgan fingerprint density at radius 1 is 0.938 bits per heavy atom. The number of ketones is 1. The fourth-order valence-corrected chi connectivity index (χ4v) is 3.05. The van der Waals surface area contributed by atoms with Gasteiger partial charge < -0.3 is 14.8 Å². The van der Waals surface area contributed by atoms with Gasteiger partial charge in [0.1, 0.15) is 23.2 Å². The lowest BCUT2D eigenvalue weighted by Gasteiger charge is -2.13. The predicted molar refractivity (Wildman–Crippen MR) is 109 cm³/mol. The molecule has 0 saturated heterocycles. The Morgan fingerprint density at radius 2 is 1.66 bits per heavy atom. The van der Waals surface area contributed by atoms with E-state index in [1.54, 1.807) is 6.07 Å². The first-order valence-corrected chi connectivity index (χ1v) is 9.24. The molecule has 0 aliphatic rings. The minimum Gasteiger partial charge on any atom is -0.507 e. The molecular weight excluding hydrogens is 427 g/mol. The molecule has 0 unspecified atom stereocenters. The molecule has 0 radical (unpaired) electrons. The molecule has 0 amide bonds. The summed E-state index contributed by atoms with van der Waals surface area (Å²) in [4.78, 5) is 35.0. The van der Waals surface area contributed by atoms with E-state index in [4.69, 9.17) is 5.11 Å². The molecule has 0 aliphatic heterocycles. The van der Waals surface area contributed by atoms with Crippen molar-refractivity contribution in [3.8, 4) is 0 Å². The van der Waals surface area contributed by atoms with E-state index in [0.717, 1.165) is 16.7 Å². The largest absolute Gasteiger partial charge is 0.507 e. The number of carboxylic acids is 1. The molecule has 0 bridgehead atoms. The molecule has 6 nitrogen and oxygen atoms in total. The average Bonchev–Trinajstić information content (AvgIpc) is 2.73. The van der Waals surface area contributed by atoms with Gasteiger partial charge in [-0.3, -0.25) is 9.59 Å². The third kappa shape index (κ3) is 5.12. The minimum absolute atomic E-state index is 0.0218. The summed E-state index contributed by atoms with van der Waals surface area (Å²) in [5, 5.41) is 18.9. The molecule has 0 fully saturated rings. The summed E-state index contributed by atoms with van der Waals surface area (Å²) in [6.07, 6.45) is 1.66. The highest BCUT2D eigenvalue weighted by Gasteiger charge is 2.17. The molecule has 0 aliphatic carbocycles. The van der Waals surface area contributed by atoms with Gasteiger partial charge in [0.05, 0.1) is 12.1 Å². The smallest absolute Gasteiger partial charge is 0.376 e. The second-order valence-corrected chi connectivity index (χ2v) is 6.90. The zero-order chi connectivity index (χ0) is 23.4. The van der Waals surface area contributed by atoms with Gasteiger partial charge in [-0.05, 0) is 29.3 Å². The number of rotatable bonds is 7. The monoisotopic (exact) mass is 443 g/mol. The summed E-state index contributed by atoms with van der Waals surface area (Å²) in [6.45, 7) is -0.358. The number of hydrogen-bond donors (Lipinski definition) is 2. The van der Waals surface area contributed by atoms with Crippen molar-refractivity contribution in [3.05, 3.63) is 111 Å². The number of aliphatic carboxylic acids is 1. The molecule has 1 heterocycles. The van der Waals surface area contributed by atoms with Crippen LogP contribution in [0.1, 0.15) is 22.3 Å². The zero-order valence-corrected chi connectivity index (χ0v) is 16.4. The molecule has 0 atom stereocenters. The summed E-state index contributed by atoms with van der Waals surface area (Å²) in [7, 11) is 0. The van der Waals surface area contributed by atoms with Gasteiger partial charge in [-0.15, -0.1) is 0 Å². The predicted octanol–water partition coefficient (Wildman–Crippen LogP) is 3.46. The number of halogens is 3. The van der Waals surface area contributed by atoms with Crippen LogP contribution in [0.3, 0.4) is 0 Å². The molecule has 3 aromatic rings. The van der Waals surface area contributed by atoms with E-state index in [0.29, 0.717) is 17.7 Å². The molecule has 9 heteroatoms. The van der Waals surface area contributed by atoms with E-state index in [-0.39, 0.29) is 24.1 Å². The van der Waals surface area contributed by atoms with Gasteiger partial charge >= 0.3 is 5.97 Å². The van der Waals surface area contributed by atoms with Crippen LogP contribution >= 0.6 is 0 Å². The van der Waals surface area contributed by atoms with Crippen LogP contribution in [-0.2, 0) is 22.6 Å². The van der Waals surface area contributed by atoms with Crippen molar-refractivity contribution in [2.45, 2.75) is 13.0 Å². The van der Waals surface area contributed by atoms with E-state index >= 15 is 0 Å². The summed E-state index contributed by atoms with van der Waals surface area (Å²) >= 11 is 0. The Bertz CT molecular complexity index is 1300. The highest BCUT2D eigenvalue weighted by molar-refractivity contribution is 6.38. The number of carbonyl (C=O) groups is 2. The Kier molecular flexibility index (Phi) is 6.58. The number of benzene rings is 2. The van der Waals surface area contributed by atoms with E-state index in [1.807, 2.05) is 0 Å². The summed E-state index contributed by atoms with van der Waals surface area (Å²) < 4.78 is 42.4. The number of carboxylic acid groups (broad SMARTS) is 1. The van der Waals surface area contributed by atoms with Crippen LogP contribution in [0, 0.1) is 17.5 Å². The lowest BCUT2D eigenvalue weighted by atomic mass is 10.0. The zero-order valence-electron chi connectivity index (χ0n) is 16.4. The first-order chi connectivity index (χ1) is 15.2. The number of pyridine rings is 1. The summed E-state index contributed by atoms with van der Waals surface area (Å²) in [6, 6.07) is 9.83. The van der Waals surface area contributed by atoms with Crippen LogP contribution in [0.5, 0.6) is 0 Å². The minimum atomic E-state index is -1.84. The van der Waals surface area contributed by atoms with Crippen molar-refractivity contribution < 1.29 is 33.0 Å². The van der Waals surface area contributed by atoms with Crippen molar-refractivity contribution in [2.75, 3.05) is 0 Å². The quantitative estimate of drug-likeness (QED) is 0.331. The van der Waals surface area contributed by atoms with Crippen LogP contribution in [0.15, 0.2) is 65.6 Å². The third-order valence-electron chi connectivity index (χ3n) is 4.61. The van der Waals surface area contributed by atoms with Gasteiger partial charge in [0, 0.05) is 30.3 Å². The van der Waals surface area contributed by atoms with Gasteiger partial charge in [-0.25, -0.2) is 18.0 Å². The molecule has 2 N–H and O–H groups in total. The first-order valence-electron chi connectivity index (χ1n) is 9.24. The van der Waals surface area contributed by atoms with Gasteiger partial charge in [-0.2, -0.15) is 0 Å². The van der Waals surface area contributed by atoms with Crippen LogP contribution < -0.4 is 5.56 Å². The molecule has 2 aromatic carbocycles. The van der Waals surface area contributed by atoms with Crippen molar-refractivity contribution in [1.29, 1.82) is 0 Å². The molecule has 32 heavy (non-hydrogen) atoms. The lowest BCUT2D eigenvalue weighted by Crippen LogP contribution is -2.25. The maximum atomic E-state index is 14.1. The number of nitrogens with zero attached hydrogens (tertiary/aromatic N) is 1. The molecule has 3 rings (SSSR count). The van der Waals surface area contributed by atoms with Gasteiger partial charge in [0.15, 0.2) is 0 Å². The van der Waals surface area contributed by atoms with E-state index in [2.05, 4.69) is 0 Å². The Morgan fingerprint density at radius 3 is 2.31 bits per heavy atom. The van der Waals surface area contributed by atoms with Gasteiger partial charge in [-0.1, -0.05) is 24.3 Å². The molecule has 1 aromatic heterocycles. The Labute approximate surface area is 179 Å². The average molecular weight is 443 g/mol. The fraction of sp³-hybridized carbons (Fsp3) is 0.0870. The number of aliphatic hydroxyl groups is 1. The normalized spacial score (nSPS) is 11.4. The molecule has 164 valence electrons. The third-order valence-corrected chi connectivity index (χ3v) is 4.61. The number of aromatic nitrogens is 1. The van der Waals surface area contributed by atoms with E-state index < -0.39 is 46.1 Å². The Hall–Kier alpha value is -4.14. The Balaban J connectivity index is 2.12. The van der Waals surface area contributed by atoms with E-state index in [9.17, 15) is 32.7 Å². The van der Waals surface area contributed by atoms with Gasteiger partial charge in [0.25, 0.3) is 11.3 Å². The maximum Gasteiger partial charge on any atom is 0.376 e. The van der Waals surface area contributed by atoms with Crippen molar-refractivity contribution >= 4 is 17.5 Å². The highest BCUT2D eigenvalue weighted by Crippen LogP contribution is 2.17. The fourth-order valence-electron chi connectivity index (χ4n) is 3.05. The second kappa shape index (κ2) is 9.34. The van der Waals surface area contributed by atoms with Crippen LogP contribution in [-0.4, -0.2) is 26.5 Å². The topological polar surface area (TPSA) is 96.6 Å². The summed E-state index contributed by atoms with van der Waals surface area (Å²) in [5.74, 6) is -6.44. The van der Waals surface area contributed by atoms with Crippen molar-refractivity contribution in [3.63, 3.8) is 0 Å². The van der Waals surface area contributed by atoms with Gasteiger partial charge in [0.2, 0.25) is 0 Å². The maximum absolute atomic E-state index is 14.1. The standard InChI is InChI=1S/C23H16F3NO5/c24-16-6-5-15(19(26)9-16)12-27-11-13(7-14-3-1-2-4-18(14)25)8-17(22(27)30)20(28)10-21(29)23(31)32/h1-6,8-11,28H,7,12H2,(H,31,32)/b20-10-. The number of hydrogen-bond acceptors (Lipinski definition) is 4. The molecule has 0 spiro atoms.